The number of nitrogens with one attached hydrogen (secondary N) is 1. The van der Waals surface area contributed by atoms with Crippen molar-refractivity contribution in [3.8, 4) is 5.75 Å². The quantitative estimate of drug-likeness (QED) is 0.784. The van der Waals surface area contributed by atoms with Crippen molar-refractivity contribution in [3.05, 3.63) is 54.2 Å². The summed E-state index contributed by atoms with van der Waals surface area (Å²) in [5, 5.41) is 13.0. The SMILES string of the molecule is CC(Cc1ccco1)NCC(O)COc1ccccc1F. The molecule has 1 heterocycles. The van der Waals surface area contributed by atoms with Crippen molar-refractivity contribution in [2.75, 3.05) is 13.2 Å². The van der Waals surface area contributed by atoms with E-state index >= 15 is 0 Å². The Morgan fingerprint density at radius 2 is 2.10 bits per heavy atom. The highest BCUT2D eigenvalue weighted by molar-refractivity contribution is 5.23. The van der Waals surface area contributed by atoms with Gasteiger partial charge in [0, 0.05) is 19.0 Å². The molecule has 2 atom stereocenters. The van der Waals surface area contributed by atoms with E-state index in [2.05, 4.69) is 5.32 Å². The van der Waals surface area contributed by atoms with E-state index in [4.69, 9.17) is 9.15 Å². The second kappa shape index (κ2) is 7.81. The third kappa shape index (κ3) is 5.21. The lowest BCUT2D eigenvalue weighted by atomic mass is 10.2. The summed E-state index contributed by atoms with van der Waals surface area (Å²) >= 11 is 0. The number of ether oxygens (including phenoxy) is 1. The number of benzene rings is 1. The normalized spacial score (nSPS) is 13.9. The average molecular weight is 293 g/mol. The van der Waals surface area contributed by atoms with E-state index in [9.17, 15) is 9.50 Å². The Morgan fingerprint density at radius 1 is 1.29 bits per heavy atom. The molecule has 0 amide bonds. The first kappa shape index (κ1) is 15.5. The van der Waals surface area contributed by atoms with E-state index < -0.39 is 11.9 Å². The number of aliphatic hydroxyl groups excluding tert-OH is 1. The van der Waals surface area contributed by atoms with Crippen LogP contribution in [-0.2, 0) is 6.42 Å². The Bertz CT molecular complexity index is 530. The monoisotopic (exact) mass is 293 g/mol. The predicted molar refractivity (Wildman–Crippen MR) is 77.8 cm³/mol. The molecule has 5 heteroatoms. The summed E-state index contributed by atoms with van der Waals surface area (Å²) in [5.41, 5.74) is 0. The largest absolute Gasteiger partial charge is 0.488 e. The number of furan rings is 1. The Balaban J connectivity index is 1.67. The molecule has 0 radical (unpaired) electrons. The number of hydrogen-bond donors (Lipinski definition) is 2. The fourth-order valence-corrected chi connectivity index (χ4v) is 1.95. The predicted octanol–water partition coefficient (Wildman–Crippen LogP) is 2.38. The van der Waals surface area contributed by atoms with Crippen LogP contribution >= 0.6 is 0 Å². The van der Waals surface area contributed by atoms with Gasteiger partial charge in [-0.05, 0) is 31.2 Å². The minimum Gasteiger partial charge on any atom is -0.488 e. The van der Waals surface area contributed by atoms with Crippen LogP contribution < -0.4 is 10.1 Å². The van der Waals surface area contributed by atoms with Gasteiger partial charge in [0.05, 0.1) is 6.26 Å². The average Bonchev–Trinajstić information content (AvgIpc) is 2.97. The zero-order valence-corrected chi connectivity index (χ0v) is 12.0. The molecule has 2 aromatic rings. The molecule has 114 valence electrons. The maximum absolute atomic E-state index is 13.3. The molecule has 21 heavy (non-hydrogen) atoms. The molecule has 4 nitrogen and oxygen atoms in total. The molecule has 0 aliphatic heterocycles. The third-order valence-electron chi connectivity index (χ3n) is 3.06. The van der Waals surface area contributed by atoms with Crippen LogP contribution in [0.4, 0.5) is 4.39 Å². The second-order valence-electron chi connectivity index (χ2n) is 4.99. The highest BCUT2D eigenvalue weighted by atomic mass is 19.1. The molecule has 0 saturated carbocycles. The lowest BCUT2D eigenvalue weighted by Gasteiger charge is -2.17. The zero-order chi connectivity index (χ0) is 15.1. The van der Waals surface area contributed by atoms with Crippen molar-refractivity contribution in [1.29, 1.82) is 0 Å². The van der Waals surface area contributed by atoms with Crippen LogP contribution in [-0.4, -0.2) is 30.4 Å². The van der Waals surface area contributed by atoms with Crippen molar-refractivity contribution in [1.82, 2.24) is 5.32 Å². The van der Waals surface area contributed by atoms with Crippen molar-refractivity contribution in [2.24, 2.45) is 0 Å². The van der Waals surface area contributed by atoms with Crippen LogP contribution in [0.15, 0.2) is 47.1 Å². The van der Waals surface area contributed by atoms with Gasteiger partial charge in [-0.1, -0.05) is 12.1 Å². The molecule has 0 aliphatic rings. The standard InChI is InChI=1S/C16H20FNO3/c1-12(9-14-5-4-8-20-14)18-10-13(19)11-21-16-7-3-2-6-15(16)17/h2-8,12-13,18-19H,9-11H2,1H3. The first-order valence-corrected chi connectivity index (χ1v) is 6.96. The first-order chi connectivity index (χ1) is 10.1. The lowest BCUT2D eigenvalue weighted by Crippen LogP contribution is -2.37. The number of para-hydroxylation sites is 1. The van der Waals surface area contributed by atoms with Gasteiger partial charge in [-0.15, -0.1) is 0 Å². The topological polar surface area (TPSA) is 54.6 Å². The minimum atomic E-state index is -0.705. The van der Waals surface area contributed by atoms with Gasteiger partial charge in [0.15, 0.2) is 11.6 Å². The van der Waals surface area contributed by atoms with E-state index in [1.165, 1.54) is 12.1 Å². The van der Waals surface area contributed by atoms with Gasteiger partial charge in [0.1, 0.15) is 18.5 Å². The second-order valence-corrected chi connectivity index (χ2v) is 4.99. The molecule has 0 saturated heterocycles. The van der Waals surface area contributed by atoms with Crippen LogP contribution in [0.3, 0.4) is 0 Å². The summed E-state index contributed by atoms with van der Waals surface area (Å²) < 4.78 is 23.8. The fourth-order valence-electron chi connectivity index (χ4n) is 1.95. The summed E-state index contributed by atoms with van der Waals surface area (Å²) in [6.07, 6.45) is 1.68. The van der Waals surface area contributed by atoms with E-state index in [1.807, 2.05) is 19.1 Å². The molecule has 1 aromatic heterocycles. The fraction of sp³-hybridized carbons (Fsp3) is 0.375. The van der Waals surface area contributed by atoms with Gasteiger partial charge < -0.3 is 19.6 Å². The maximum atomic E-state index is 13.3. The molecular formula is C16H20FNO3. The molecule has 2 unspecified atom stereocenters. The van der Waals surface area contributed by atoms with Crippen molar-refractivity contribution >= 4 is 0 Å². The summed E-state index contributed by atoms with van der Waals surface area (Å²) in [7, 11) is 0. The van der Waals surface area contributed by atoms with Gasteiger partial charge in [-0.3, -0.25) is 0 Å². The molecule has 0 aliphatic carbocycles. The van der Waals surface area contributed by atoms with Crippen LogP contribution in [0.2, 0.25) is 0 Å². The molecule has 0 fully saturated rings. The van der Waals surface area contributed by atoms with Crippen molar-refractivity contribution in [3.63, 3.8) is 0 Å². The number of halogens is 1. The smallest absolute Gasteiger partial charge is 0.165 e. The number of rotatable bonds is 8. The molecular weight excluding hydrogens is 273 g/mol. The summed E-state index contributed by atoms with van der Waals surface area (Å²) in [6, 6.07) is 10.1. The van der Waals surface area contributed by atoms with E-state index in [-0.39, 0.29) is 18.4 Å². The Kier molecular flexibility index (Phi) is 5.78. The van der Waals surface area contributed by atoms with Gasteiger partial charge in [0.2, 0.25) is 0 Å². The van der Waals surface area contributed by atoms with Gasteiger partial charge in [-0.25, -0.2) is 4.39 Å². The van der Waals surface area contributed by atoms with Crippen LogP contribution in [0.25, 0.3) is 0 Å². The molecule has 1 aromatic carbocycles. The van der Waals surface area contributed by atoms with Crippen LogP contribution in [0.5, 0.6) is 5.75 Å². The van der Waals surface area contributed by atoms with Gasteiger partial charge in [-0.2, -0.15) is 0 Å². The van der Waals surface area contributed by atoms with E-state index in [0.717, 1.165) is 12.2 Å². The first-order valence-electron chi connectivity index (χ1n) is 6.96. The van der Waals surface area contributed by atoms with E-state index in [1.54, 1.807) is 18.4 Å². The molecule has 2 rings (SSSR count). The van der Waals surface area contributed by atoms with Gasteiger partial charge in [0.25, 0.3) is 0 Å². The maximum Gasteiger partial charge on any atom is 0.165 e. The summed E-state index contributed by atoms with van der Waals surface area (Å²) in [4.78, 5) is 0. The summed E-state index contributed by atoms with van der Waals surface area (Å²) in [5.74, 6) is 0.621. The van der Waals surface area contributed by atoms with Crippen LogP contribution in [0.1, 0.15) is 12.7 Å². The zero-order valence-electron chi connectivity index (χ0n) is 12.0. The Labute approximate surface area is 123 Å². The number of hydrogen-bond acceptors (Lipinski definition) is 4. The lowest BCUT2D eigenvalue weighted by molar-refractivity contribution is 0.102. The highest BCUT2D eigenvalue weighted by Crippen LogP contribution is 2.15. The summed E-state index contributed by atoms with van der Waals surface area (Å²) in [6.45, 7) is 2.42. The highest BCUT2D eigenvalue weighted by Gasteiger charge is 2.10. The third-order valence-corrected chi connectivity index (χ3v) is 3.06. The minimum absolute atomic E-state index is 0.0431. The van der Waals surface area contributed by atoms with E-state index in [0.29, 0.717) is 6.54 Å². The number of aliphatic hydroxyl groups is 1. The molecule has 0 bridgehead atoms. The molecule has 0 spiro atoms. The van der Waals surface area contributed by atoms with Crippen molar-refractivity contribution in [2.45, 2.75) is 25.5 Å². The van der Waals surface area contributed by atoms with Crippen LogP contribution in [0, 0.1) is 5.82 Å². The van der Waals surface area contributed by atoms with Crippen molar-refractivity contribution < 1.29 is 18.7 Å². The Morgan fingerprint density at radius 3 is 2.81 bits per heavy atom. The Hall–Kier alpha value is -1.85. The molecule has 2 N–H and O–H groups in total. The van der Waals surface area contributed by atoms with Gasteiger partial charge >= 0.3 is 0 Å².